The van der Waals surface area contributed by atoms with E-state index in [0.29, 0.717) is 42.4 Å². The van der Waals surface area contributed by atoms with E-state index < -0.39 is 0 Å². The number of carbonyl (C=O) groups excluding carboxylic acids is 2. The van der Waals surface area contributed by atoms with E-state index in [1.807, 2.05) is 18.2 Å². The lowest BCUT2D eigenvalue weighted by Crippen LogP contribution is -2.37. The van der Waals surface area contributed by atoms with Crippen LogP contribution in [0.25, 0.3) is 0 Å². The van der Waals surface area contributed by atoms with Crippen LogP contribution >= 0.6 is 11.3 Å². The smallest absolute Gasteiger partial charge is 0.257 e. The third-order valence-electron chi connectivity index (χ3n) is 5.07. The number of hydrogen-bond acceptors (Lipinski definition) is 5. The molecule has 7 heteroatoms. The Morgan fingerprint density at radius 3 is 2.34 bits per heavy atom. The Kier molecular flexibility index (Phi) is 7.80. The summed E-state index contributed by atoms with van der Waals surface area (Å²) in [6.45, 7) is 1.87. The van der Waals surface area contributed by atoms with Crippen LogP contribution in [0.1, 0.15) is 44.0 Å². The molecule has 29 heavy (non-hydrogen) atoms. The monoisotopic (exact) mass is 416 g/mol. The fourth-order valence-corrected chi connectivity index (χ4v) is 4.80. The second kappa shape index (κ2) is 10.5. The van der Waals surface area contributed by atoms with E-state index in [1.54, 1.807) is 31.3 Å². The van der Waals surface area contributed by atoms with E-state index in [0.717, 1.165) is 31.2 Å². The van der Waals surface area contributed by atoms with Crippen LogP contribution in [0.3, 0.4) is 0 Å². The average Bonchev–Trinajstić information content (AvgIpc) is 3.11. The van der Waals surface area contributed by atoms with Gasteiger partial charge in [0.05, 0.1) is 18.8 Å². The molecule has 0 spiro atoms. The molecule has 0 saturated heterocycles. The highest BCUT2D eigenvalue weighted by atomic mass is 32.1. The first-order valence-corrected chi connectivity index (χ1v) is 10.8. The van der Waals surface area contributed by atoms with Gasteiger partial charge in [-0.3, -0.25) is 9.59 Å². The first-order valence-electron chi connectivity index (χ1n) is 9.93. The number of methoxy groups -OCH3 is 2. The van der Waals surface area contributed by atoms with Crippen LogP contribution in [0.2, 0.25) is 0 Å². The van der Waals surface area contributed by atoms with Gasteiger partial charge in [0, 0.05) is 37.7 Å². The van der Waals surface area contributed by atoms with Gasteiger partial charge >= 0.3 is 0 Å². The summed E-state index contributed by atoms with van der Waals surface area (Å²) in [5, 5.41) is 3.65. The summed E-state index contributed by atoms with van der Waals surface area (Å²) in [7, 11) is 3.24. The molecule has 3 rings (SSSR count). The highest BCUT2D eigenvalue weighted by Gasteiger charge is 2.29. The van der Waals surface area contributed by atoms with Crippen molar-refractivity contribution in [2.45, 2.75) is 25.7 Å². The van der Waals surface area contributed by atoms with Gasteiger partial charge in [-0.15, -0.1) is 11.3 Å². The molecule has 2 amide bonds. The SMILES string of the molecule is COCCN(CCOC)C(=O)c1c(NC(=O)c2ccccc2)sc2c1CCCC2. The summed E-state index contributed by atoms with van der Waals surface area (Å²) in [6.07, 6.45) is 4.00. The number of anilines is 1. The van der Waals surface area contributed by atoms with E-state index in [1.165, 1.54) is 16.2 Å². The molecule has 1 N–H and O–H groups in total. The van der Waals surface area contributed by atoms with Crippen LogP contribution < -0.4 is 5.32 Å². The number of carbonyl (C=O) groups is 2. The van der Waals surface area contributed by atoms with Crippen molar-refractivity contribution in [3.8, 4) is 0 Å². The maximum absolute atomic E-state index is 13.5. The fourth-order valence-electron chi connectivity index (χ4n) is 3.52. The first kappa shape index (κ1) is 21.5. The summed E-state index contributed by atoms with van der Waals surface area (Å²) >= 11 is 1.54. The normalized spacial score (nSPS) is 13.0. The molecule has 2 aromatic rings. The van der Waals surface area contributed by atoms with E-state index in [9.17, 15) is 9.59 Å². The van der Waals surface area contributed by atoms with Crippen molar-refractivity contribution in [3.05, 3.63) is 51.9 Å². The molecular formula is C22H28N2O4S. The summed E-state index contributed by atoms with van der Waals surface area (Å²) in [5.41, 5.74) is 2.31. The van der Waals surface area contributed by atoms with Gasteiger partial charge in [-0.1, -0.05) is 18.2 Å². The molecule has 0 bridgehead atoms. The maximum Gasteiger partial charge on any atom is 0.257 e. The van der Waals surface area contributed by atoms with Crippen LogP contribution in [-0.4, -0.2) is 57.2 Å². The van der Waals surface area contributed by atoms with E-state index in [4.69, 9.17) is 9.47 Å². The summed E-state index contributed by atoms with van der Waals surface area (Å²) in [5.74, 6) is -0.263. The number of nitrogens with one attached hydrogen (secondary N) is 1. The molecule has 0 radical (unpaired) electrons. The van der Waals surface area contributed by atoms with Crippen LogP contribution in [0.15, 0.2) is 30.3 Å². The highest BCUT2D eigenvalue weighted by molar-refractivity contribution is 7.17. The van der Waals surface area contributed by atoms with Crippen molar-refractivity contribution in [2.75, 3.05) is 45.8 Å². The zero-order chi connectivity index (χ0) is 20.6. The minimum atomic E-state index is -0.196. The number of nitrogens with zero attached hydrogens (tertiary/aromatic N) is 1. The van der Waals surface area contributed by atoms with E-state index in [-0.39, 0.29) is 11.8 Å². The zero-order valence-corrected chi connectivity index (χ0v) is 17.8. The van der Waals surface area contributed by atoms with Crippen molar-refractivity contribution in [3.63, 3.8) is 0 Å². The second-order valence-corrected chi connectivity index (χ2v) is 8.12. The minimum absolute atomic E-state index is 0.0677. The molecule has 1 aliphatic carbocycles. The Hall–Kier alpha value is -2.22. The molecule has 0 fully saturated rings. The molecule has 1 aliphatic rings. The van der Waals surface area contributed by atoms with Crippen LogP contribution in [0.5, 0.6) is 0 Å². The van der Waals surface area contributed by atoms with Gasteiger partial charge < -0.3 is 19.7 Å². The molecule has 0 atom stereocenters. The van der Waals surface area contributed by atoms with E-state index >= 15 is 0 Å². The zero-order valence-electron chi connectivity index (χ0n) is 17.0. The predicted octanol–water partition coefficient (Wildman–Crippen LogP) is 3.61. The van der Waals surface area contributed by atoms with Gasteiger partial charge in [-0.05, 0) is 43.4 Å². The van der Waals surface area contributed by atoms with Crippen molar-refractivity contribution in [1.29, 1.82) is 0 Å². The predicted molar refractivity (Wildman–Crippen MR) is 115 cm³/mol. The first-order chi connectivity index (χ1) is 14.2. The molecule has 0 saturated carbocycles. The minimum Gasteiger partial charge on any atom is -0.383 e. The number of thiophene rings is 1. The number of hydrogen-bond donors (Lipinski definition) is 1. The van der Waals surface area contributed by atoms with Crippen molar-refractivity contribution < 1.29 is 19.1 Å². The molecule has 0 unspecified atom stereocenters. The quantitative estimate of drug-likeness (QED) is 0.678. The van der Waals surface area contributed by atoms with Crippen LogP contribution in [0.4, 0.5) is 5.00 Å². The van der Waals surface area contributed by atoms with Gasteiger partial charge in [0.25, 0.3) is 11.8 Å². The van der Waals surface area contributed by atoms with Gasteiger partial charge in [0.1, 0.15) is 5.00 Å². The summed E-state index contributed by atoms with van der Waals surface area (Å²) in [4.78, 5) is 29.2. The summed E-state index contributed by atoms with van der Waals surface area (Å²) in [6, 6.07) is 9.08. The number of aryl methyl sites for hydroxylation is 1. The number of ether oxygens (including phenoxy) is 2. The fraction of sp³-hybridized carbons (Fsp3) is 0.455. The number of amides is 2. The summed E-state index contributed by atoms with van der Waals surface area (Å²) < 4.78 is 10.4. The Morgan fingerprint density at radius 2 is 1.69 bits per heavy atom. The van der Waals surface area contributed by atoms with Crippen molar-refractivity contribution in [1.82, 2.24) is 4.90 Å². The van der Waals surface area contributed by atoms with Gasteiger partial charge in [-0.25, -0.2) is 0 Å². The Labute approximate surface area is 175 Å². The lowest BCUT2D eigenvalue weighted by atomic mass is 9.95. The molecular weight excluding hydrogens is 388 g/mol. The molecule has 1 heterocycles. The second-order valence-electron chi connectivity index (χ2n) is 7.01. The van der Waals surface area contributed by atoms with Crippen molar-refractivity contribution in [2.24, 2.45) is 0 Å². The number of fused-ring (bicyclic) bond motifs is 1. The number of benzene rings is 1. The van der Waals surface area contributed by atoms with Gasteiger partial charge in [0.2, 0.25) is 0 Å². The Bertz CT molecular complexity index is 827. The molecule has 6 nitrogen and oxygen atoms in total. The molecule has 1 aromatic heterocycles. The number of rotatable bonds is 9. The van der Waals surface area contributed by atoms with Crippen LogP contribution in [-0.2, 0) is 22.3 Å². The largest absolute Gasteiger partial charge is 0.383 e. The Morgan fingerprint density at radius 1 is 1.03 bits per heavy atom. The third kappa shape index (κ3) is 5.23. The lowest BCUT2D eigenvalue weighted by molar-refractivity contribution is 0.0627. The average molecular weight is 417 g/mol. The van der Waals surface area contributed by atoms with Crippen LogP contribution in [0, 0.1) is 0 Å². The highest BCUT2D eigenvalue weighted by Crippen LogP contribution is 2.39. The van der Waals surface area contributed by atoms with E-state index in [2.05, 4.69) is 5.32 Å². The van der Waals surface area contributed by atoms with Gasteiger partial charge in [0.15, 0.2) is 0 Å². The van der Waals surface area contributed by atoms with Gasteiger partial charge in [-0.2, -0.15) is 0 Å². The Balaban J connectivity index is 1.91. The molecule has 156 valence electrons. The van der Waals surface area contributed by atoms with Crippen molar-refractivity contribution >= 4 is 28.2 Å². The maximum atomic E-state index is 13.5. The molecule has 0 aliphatic heterocycles. The lowest BCUT2D eigenvalue weighted by Gasteiger charge is -2.23. The third-order valence-corrected chi connectivity index (χ3v) is 6.27. The topological polar surface area (TPSA) is 67.9 Å². The molecule has 1 aromatic carbocycles. The standard InChI is InChI=1S/C22H28N2O4S/c1-27-14-12-24(13-15-28-2)22(26)19-17-10-6-7-11-18(17)29-21(19)23-20(25)16-8-4-3-5-9-16/h3-5,8-9H,6-7,10-15H2,1-2H3,(H,23,25).